The molecule has 88 valence electrons. The molecule has 0 aromatic heterocycles. The SMILES string of the molecule is CC1CN2CCN(C(C)(C)C)CC2CO1. The lowest BCUT2D eigenvalue weighted by molar-refractivity contribution is -0.0932. The highest BCUT2D eigenvalue weighted by atomic mass is 16.5. The monoisotopic (exact) mass is 212 g/mol. The van der Waals surface area contributed by atoms with Crippen molar-refractivity contribution in [3.63, 3.8) is 0 Å². The summed E-state index contributed by atoms with van der Waals surface area (Å²) in [6.07, 6.45) is 0.419. The molecule has 2 fully saturated rings. The van der Waals surface area contributed by atoms with Crippen LogP contribution in [0.25, 0.3) is 0 Å². The number of ether oxygens (including phenoxy) is 1. The quantitative estimate of drug-likeness (QED) is 0.600. The van der Waals surface area contributed by atoms with Gasteiger partial charge in [-0.25, -0.2) is 0 Å². The summed E-state index contributed by atoms with van der Waals surface area (Å²) in [6.45, 7) is 14.7. The van der Waals surface area contributed by atoms with Crippen molar-refractivity contribution in [3.8, 4) is 0 Å². The molecule has 0 amide bonds. The summed E-state index contributed by atoms with van der Waals surface area (Å²) in [6, 6.07) is 0.620. The van der Waals surface area contributed by atoms with E-state index in [2.05, 4.69) is 37.5 Å². The molecule has 2 unspecified atom stereocenters. The van der Waals surface area contributed by atoms with Crippen molar-refractivity contribution in [2.75, 3.05) is 32.8 Å². The summed E-state index contributed by atoms with van der Waals surface area (Å²) < 4.78 is 5.74. The predicted octanol–water partition coefficient (Wildman–Crippen LogP) is 1.19. The molecule has 3 heteroatoms. The topological polar surface area (TPSA) is 15.7 Å². The summed E-state index contributed by atoms with van der Waals surface area (Å²) in [5.74, 6) is 0. The Hall–Kier alpha value is -0.120. The minimum Gasteiger partial charge on any atom is -0.376 e. The summed E-state index contributed by atoms with van der Waals surface area (Å²) in [5, 5.41) is 0. The smallest absolute Gasteiger partial charge is 0.0674 e. The van der Waals surface area contributed by atoms with Gasteiger partial charge in [-0.15, -0.1) is 0 Å². The van der Waals surface area contributed by atoms with E-state index < -0.39 is 0 Å². The van der Waals surface area contributed by atoms with E-state index in [1.165, 1.54) is 13.1 Å². The van der Waals surface area contributed by atoms with E-state index in [1.807, 2.05) is 0 Å². The first-order chi connectivity index (χ1) is 6.97. The Bertz CT molecular complexity index is 224. The molecule has 2 aliphatic heterocycles. The third-order valence-electron chi connectivity index (χ3n) is 3.62. The van der Waals surface area contributed by atoms with Crippen molar-refractivity contribution in [2.24, 2.45) is 0 Å². The average Bonchev–Trinajstić information content (AvgIpc) is 2.15. The third kappa shape index (κ3) is 2.52. The molecule has 2 heterocycles. The molecule has 3 nitrogen and oxygen atoms in total. The van der Waals surface area contributed by atoms with Gasteiger partial charge in [-0.1, -0.05) is 0 Å². The Morgan fingerprint density at radius 2 is 1.87 bits per heavy atom. The lowest BCUT2D eigenvalue weighted by Crippen LogP contribution is -2.62. The second-order valence-corrected chi connectivity index (χ2v) is 5.91. The lowest BCUT2D eigenvalue weighted by Gasteiger charge is -2.49. The Morgan fingerprint density at radius 1 is 1.13 bits per heavy atom. The summed E-state index contributed by atoms with van der Waals surface area (Å²) in [5.41, 5.74) is 0.301. The molecular formula is C12H24N2O. The van der Waals surface area contributed by atoms with Crippen LogP contribution in [-0.2, 0) is 4.74 Å². The number of hydrogen-bond donors (Lipinski definition) is 0. The number of morpholine rings is 1. The van der Waals surface area contributed by atoms with Crippen LogP contribution in [0, 0.1) is 0 Å². The van der Waals surface area contributed by atoms with Crippen LogP contribution in [0.15, 0.2) is 0 Å². The molecule has 0 aromatic carbocycles. The van der Waals surface area contributed by atoms with Gasteiger partial charge in [-0.2, -0.15) is 0 Å². The fourth-order valence-corrected chi connectivity index (χ4v) is 2.56. The number of rotatable bonds is 0. The van der Waals surface area contributed by atoms with E-state index in [4.69, 9.17) is 4.74 Å². The van der Waals surface area contributed by atoms with Gasteiger partial charge in [0.05, 0.1) is 12.7 Å². The van der Waals surface area contributed by atoms with Crippen molar-refractivity contribution in [1.82, 2.24) is 9.80 Å². The Kier molecular flexibility index (Phi) is 3.06. The van der Waals surface area contributed by atoms with Crippen molar-refractivity contribution in [3.05, 3.63) is 0 Å². The van der Waals surface area contributed by atoms with Gasteiger partial charge in [-0.3, -0.25) is 9.80 Å². The van der Waals surface area contributed by atoms with E-state index in [-0.39, 0.29) is 0 Å². The first-order valence-corrected chi connectivity index (χ1v) is 6.07. The maximum Gasteiger partial charge on any atom is 0.0674 e. The normalized spacial score (nSPS) is 35.2. The van der Waals surface area contributed by atoms with Gasteiger partial charge in [0, 0.05) is 37.8 Å². The van der Waals surface area contributed by atoms with Gasteiger partial charge in [0.1, 0.15) is 0 Å². The highest BCUT2D eigenvalue weighted by molar-refractivity contribution is 4.90. The first-order valence-electron chi connectivity index (χ1n) is 6.07. The van der Waals surface area contributed by atoms with Crippen LogP contribution in [0.1, 0.15) is 27.7 Å². The van der Waals surface area contributed by atoms with Crippen LogP contribution in [0.5, 0.6) is 0 Å². The van der Waals surface area contributed by atoms with E-state index in [9.17, 15) is 0 Å². The number of nitrogens with zero attached hydrogens (tertiary/aromatic N) is 2. The largest absolute Gasteiger partial charge is 0.376 e. The minimum absolute atomic E-state index is 0.301. The number of piperazine rings is 1. The van der Waals surface area contributed by atoms with Gasteiger partial charge in [-0.05, 0) is 27.7 Å². The zero-order valence-electron chi connectivity index (χ0n) is 10.5. The van der Waals surface area contributed by atoms with Crippen LogP contribution in [0.4, 0.5) is 0 Å². The fraction of sp³-hybridized carbons (Fsp3) is 1.00. The van der Waals surface area contributed by atoms with Crippen molar-refractivity contribution in [1.29, 1.82) is 0 Å². The average molecular weight is 212 g/mol. The van der Waals surface area contributed by atoms with Gasteiger partial charge in [0.25, 0.3) is 0 Å². The maximum absolute atomic E-state index is 5.74. The molecule has 0 N–H and O–H groups in total. The molecule has 0 aromatic rings. The molecule has 0 saturated carbocycles. The number of fused-ring (bicyclic) bond motifs is 1. The second kappa shape index (κ2) is 4.04. The summed E-state index contributed by atoms with van der Waals surface area (Å²) in [4.78, 5) is 5.17. The van der Waals surface area contributed by atoms with E-state index in [0.717, 1.165) is 19.7 Å². The van der Waals surface area contributed by atoms with Crippen LogP contribution in [0.3, 0.4) is 0 Å². The summed E-state index contributed by atoms with van der Waals surface area (Å²) in [7, 11) is 0. The fourth-order valence-electron chi connectivity index (χ4n) is 2.56. The molecule has 0 bridgehead atoms. The van der Waals surface area contributed by atoms with Crippen molar-refractivity contribution in [2.45, 2.75) is 45.4 Å². The van der Waals surface area contributed by atoms with E-state index in [1.54, 1.807) is 0 Å². The van der Waals surface area contributed by atoms with Crippen LogP contribution in [0.2, 0.25) is 0 Å². The Balaban J connectivity index is 1.95. The molecule has 0 aliphatic carbocycles. The van der Waals surface area contributed by atoms with Crippen molar-refractivity contribution >= 4 is 0 Å². The molecule has 2 rings (SSSR count). The minimum atomic E-state index is 0.301. The Labute approximate surface area is 93.4 Å². The molecule has 2 saturated heterocycles. The molecule has 2 atom stereocenters. The zero-order chi connectivity index (χ0) is 11.1. The van der Waals surface area contributed by atoms with Crippen LogP contribution < -0.4 is 0 Å². The van der Waals surface area contributed by atoms with E-state index in [0.29, 0.717) is 17.7 Å². The second-order valence-electron chi connectivity index (χ2n) is 5.91. The van der Waals surface area contributed by atoms with E-state index >= 15 is 0 Å². The molecule has 2 aliphatic rings. The molecule has 15 heavy (non-hydrogen) atoms. The number of hydrogen-bond acceptors (Lipinski definition) is 3. The molecule has 0 radical (unpaired) electrons. The van der Waals surface area contributed by atoms with Gasteiger partial charge >= 0.3 is 0 Å². The predicted molar refractivity (Wildman–Crippen MR) is 62.1 cm³/mol. The highest BCUT2D eigenvalue weighted by Crippen LogP contribution is 2.22. The maximum atomic E-state index is 5.74. The van der Waals surface area contributed by atoms with Gasteiger partial charge < -0.3 is 4.74 Å². The van der Waals surface area contributed by atoms with Crippen LogP contribution in [-0.4, -0.2) is 60.3 Å². The third-order valence-corrected chi connectivity index (χ3v) is 3.62. The standard InChI is InChI=1S/C12H24N2O/c1-10-7-13-5-6-14(12(2,3)4)8-11(13)9-15-10/h10-11H,5-9H2,1-4H3. The van der Waals surface area contributed by atoms with Crippen molar-refractivity contribution < 1.29 is 4.74 Å². The zero-order valence-corrected chi connectivity index (χ0v) is 10.5. The lowest BCUT2D eigenvalue weighted by atomic mass is 10.0. The Morgan fingerprint density at radius 3 is 2.53 bits per heavy atom. The highest BCUT2D eigenvalue weighted by Gasteiger charge is 2.35. The molecule has 0 spiro atoms. The van der Waals surface area contributed by atoms with Gasteiger partial charge in [0.15, 0.2) is 0 Å². The first kappa shape index (κ1) is 11.4. The van der Waals surface area contributed by atoms with Crippen LogP contribution >= 0.6 is 0 Å². The van der Waals surface area contributed by atoms with Gasteiger partial charge in [0.2, 0.25) is 0 Å². The molecular weight excluding hydrogens is 188 g/mol. The summed E-state index contributed by atoms with van der Waals surface area (Å²) >= 11 is 0.